The Kier molecular flexibility index (Phi) is 2.79. The highest BCUT2D eigenvalue weighted by Crippen LogP contribution is 2.30. The van der Waals surface area contributed by atoms with Crippen molar-refractivity contribution in [1.82, 2.24) is 5.32 Å². The lowest BCUT2D eigenvalue weighted by Crippen LogP contribution is -2.35. The number of thioether (sulfide) groups is 1. The van der Waals surface area contributed by atoms with E-state index < -0.39 is 9.87 Å². The molecule has 0 aromatic rings. The minimum Gasteiger partial charge on any atom is -0.477 e. The first-order valence-corrected chi connectivity index (χ1v) is 5.10. The molecule has 4 nitrogen and oxygen atoms in total. The quantitative estimate of drug-likeness (QED) is 0.567. The van der Waals surface area contributed by atoms with Crippen LogP contribution in [0.15, 0.2) is 17.3 Å². The van der Waals surface area contributed by atoms with E-state index in [0.29, 0.717) is 0 Å². The van der Waals surface area contributed by atoms with Crippen LogP contribution in [0.2, 0.25) is 0 Å². The summed E-state index contributed by atoms with van der Waals surface area (Å²) >= 11 is 4.63. The molecule has 0 aromatic heterocycles. The maximum atomic E-state index is 10.5. The Labute approximate surface area is 82.3 Å². The first kappa shape index (κ1) is 9.60. The summed E-state index contributed by atoms with van der Waals surface area (Å²) in [6.07, 6.45) is 4.80. The molecule has 66 valence electrons. The monoisotopic (exact) mass is 250 g/mol. The Bertz CT molecular complexity index is 266. The van der Waals surface area contributed by atoms with Gasteiger partial charge in [-0.25, -0.2) is 9.79 Å². The van der Waals surface area contributed by atoms with Crippen LogP contribution >= 0.6 is 27.7 Å². The zero-order chi connectivity index (χ0) is 9.19. The molecule has 1 aliphatic heterocycles. The van der Waals surface area contributed by atoms with Gasteiger partial charge in [-0.2, -0.15) is 0 Å². The Balaban J connectivity index is 2.89. The zero-order valence-electron chi connectivity index (χ0n) is 6.24. The molecular weight excluding hydrogens is 244 g/mol. The topological polar surface area (TPSA) is 61.7 Å². The standard InChI is InChI=1S/C6H7BrN2O2S/c1-12-6(7)8-3-2-4(9-6)5(10)11/h2-3,8H,1H3,(H,10,11). The third-order valence-corrected chi connectivity index (χ3v) is 3.38. The second-order valence-corrected chi connectivity index (χ2v) is 4.72. The van der Waals surface area contributed by atoms with Gasteiger partial charge in [-0.05, 0) is 28.3 Å². The summed E-state index contributed by atoms with van der Waals surface area (Å²) in [6.45, 7) is 0. The lowest BCUT2D eigenvalue weighted by Gasteiger charge is -2.23. The molecule has 0 aromatic carbocycles. The van der Waals surface area contributed by atoms with Crippen LogP contribution in [0.25, 0.3) is 0 Å². The van der Waals surface area contributed by atoms with Crippen molar-refractivity contribution in [3.8, 4) is 0 Å². The second-order valence-electron chi connectivity index (χ2n) is 2.05. The number of nitrogens with zero attached hydrogens (tertiary/aromatic N) is 1. The van der Waals surface area contributed by atoms with Gasteiger partial charge in [0.2, 0.25) is 3.90 Å². The molecule has 0 saturated heterocycles. The number of carboxylic acid groups (broad SMARTS) is 1. The fraction of sp³-hybridized carbons (Fsp3) is 0.333. The van der Waals surface area contributed by atoms with Crippen molar-refractivity contribution in [2.24, 2.45) is 4.99 Å². The number of aliphatic imine (C=N–C) groups is 1. The molecular formula is C6H7BrN2O2S. The molecule has 1 atom stereocenters. The van der Waals surface area contributed by atoms with E-state index in [4.69, 9.17) is 5.11 Å². The fourth-order valence-electron chi connectivity index (χ4n) is 0.672. The molecule has 12 heavy (non-hydrogen) atoms. The van der Waals surface area contributed by atoms with Gasteiger partial charge in [0, 0.05) is 6.20 Å². The third kappa shape index (κ3) is 2.01. The summed E-state index contributed by atoms with van der Waals surface area (Å²) in [5.41, 5.74) is 0.0416. The van der Waals surface area contributed by atoms with Crippen molar-refractivity contribution in [3.63, 3.8) is 0 Å². The average Bonchev–Trinajstić information content (AvgIpc) is 2.05. The van der Waals surface area contributed by atoms with Crippen LogP contribution in [-0.2, 0) is 4.79 Å². The van der Waals surface area contributed by atoms with Gasteiger partial charge in [-0.1, -0.05) is 0 Å². The van der Waals surface area contributed by atoms with E-state index in [-0.39, 0.29) is 5.71 Å². The predicted octanol–water partition coefficient (Wildman–Crippen LogP) is 0.998. The smallest absolute Gasteiger partial charge is 0.354 e. The maximum Gasteiger partial charge on any atom is 0.354 e. The van der Waals surface area contributed by atoms with Crippen LogP contribution in [0.3, 0.4) is 0 Å². The zero-order valence-corrected chi connectivity index (χ0v) is 8.65. The largest absolute Gasteiger partial charge is 0.477 e. The number of alkyl halides is 1. The summed E-state index contributed by atoms with van der Waals surface area (Å²) in [4.78, 5) is 14.4. The number of nitrogens with one attached hydrogen (secondary N) is 1. The SMILES string of the molecule is CSC1(Br)N=C(C(=O)O)C=CN1. The maximum absolute atomic E-state index is 10.5. The van der Waals surface area contributed by atoms with Crippen LogP contribution in [-0.4, -0.2) is 26.9 Å². The third-order valence-electron chi connectivity index (χ3n) is 1.26. The summed E-state index contributed by atoms with van der Waals surface area (Å²) in [6, 6.07) is 0. The molecule has 0 amide bonds. The molecule has 0 spiro atoms. The van der Waals surface area contributed by atoms with Crippen LogP contribution in [0, 0.1) is 0 Å². The summed E-state index contributed by atoms with van der Waals surface area (Å²) in [5, 5.41) is 11.5. The second kappa shape index (κ2) is 3.49. The lowest BCUT2D eigenvalue weighted by molar-refractivity contribution is -0.129. The number of halogens is 1. The molecule has 0 saturated carbocycles. The van der Waals surface area contributed by atoms with Crippen LogP contribution < -0.4 is 5.32 Å². The van der Waals surface area contributed by atoms with Gasteiger partial charge in [0.05, 0.1) is 0 Å². The number of hydrogen-bond donors (Lipinski definition) is 2. The first-order valence-electron chi connectivity index (χ1n) is 3.09. The predicted molar refractivity (Wildman–Crippen MR) is 52.5 cm³/mol. The van der Waals surface area contributed by atoms with Gasteiger partial charge in [0.15, 0.2) is 0 Å². The minimum atomic E-state index is -1.02. The lowest BCUT2D eigenvalue weighted by atomic mass is 10.3. The van der Waals surface area contributed by atoms with Crippen molar-refractivity contribution >= 4 is 39.4 Å². The number of rotatable bonds is 2. The van der Waals surface area contributed by atoms with E-state index in [1.165, 1.54) is 17.8 Å². The number of carbonyl (C=O) groups is 1. The van der Waals surface area contributed by atoms with Crippen molar-refractivity contribution in [2.75, 3.05) is 6.26 Å². The van der Waals surface area contributed by atoms with E-state index >= 15 is 0 Å². The molecule has 0 bridgehead atoms. The minimum absolute atomic E-state index is 0.0416. The van der Waals surface area contributed by atoms with Gasteiger partial charge in [-0.3, -0.25) is 0 Å². The normalized spacial score (nSPS) is 27.7. The van der Waals surface area contributed by atoms with Crippen molar-refractivity contribution in [3.05, 3.63) is 12.3 Å². The Hall–Kier alpha value is -0.490. The highest BCUT2D eigenvalue weighted by Gasteiger charge is 2.26. The van der Waals surface area contributed by atoms with Gasteiger partial charge in [0.25, 0.3) is 0 Å². The molecule has 1 rings (SSSR count). The molecule has 2 N–H and O–H groups in total. The number of carboxylic acids is 1. The highest BCUT2D eigenvalue weighted by molar-refractivity contribution is 9.11. The van der Waals surface area contributed by atoms with Crippen LogP contribution in [0.5, 0.6) is 0 Å². The summed E-state index contributed by atoms with van der Waals surface area (Å²) in [7, 11) is 0. The van der Waals surface area contributed by atoms with Crippen LogP contribution in [0.4, 0.5) is 0 Å². The molecule has 0 radical (unpaired) electrons. The van der Waals surface area contributed by atoms with E-state index in [2.05, 4.69) is 26.2 Å². The van der Waals surface area contributed by atoms with Crippen molar-refractivity contribution < 1.29 is 9.90 Å². The molecule has 0 aliphatic carbocycles. The van der Waals surface area contributed by atoms with Crippen LogP contribution in [0.1, 0.15) is 0 Å². The Morgan fingerprint density at radius 3 is 3.08 bits per heavy atom. The van der Waals surface area contributed by atoms with Crippen molar-refractivity contribution in [1.29, 1.82) is 0 Å². The fourth-order valence-corrected chi connectivity index (χ4v) is 1.37. The summed E-state index contributed by atoms with van der Waals surface area (Å²) < 4.78 is -0.727. The number of hydrogen-bond acceptors (Lipinski definition) is 4. The Morgan fingerprint density at radius 1 is 1.92 bits per heavy atom. The molecule has 1 aliphatic rings. The van der Waals surface area contributed by atoms with Gasteiger partial charge in [0.1, 0.15) is 5.71 Å². The van der Waals surface area contributed by atoms with E-state index in [1.54, 1.807) is 6.20 Å². The van der Waals surface area contributed by atoms with E-state index in [9.17, 15) is 4.79 Å². The van der Waals surface area contributed by atoms with E-state index in [0.717, 1.165) is 0 Å². The van der Waals surface area contributed by atoms with Gasteiger partial charge in [-0.15, -0.1) is 11.8 Å². The molecule has 1 unspecified atom stereocenters. The molecule has 1 heterocycles. The van der Waals surface area contributed by atoms with Gasteiger partial charge >= 0.3 is 5.97 Å². The highest BCUT2D eigenvalue weighted by atomic mass is 79.9. The first-order chi connectivity index (χ1) is 5.57. The Morgan fingerprint density at radius 2 is 2.58 bits per heavy atom. The van der Waals surface area contributed by atoms with E-state index in [1.807, 2.05) is 6.26 Å². The summed E-state index contributed by atoms with van der Waals surface area (Å²) in [5.74, 6) is -1.02. The van der Waals surface area contributed by atoms with Crippen molar-refractivity contribution in [2.45, 2.75) is 3.90 Å². The molecule has 6 heteroatoms. The van der Waals surface area contributed by atoms with Gasteiger partial charge < -0.3 is 10.4 Å². The number of aliphatic carboxylic acids is 1. The molecule has 0 fully saturated rings. The average molecular weight is 251 g/mol.